The van der Waals surface area contributed by atoms with Crippen LogP contribution < -0.4 is 5.32 Å². The van der Waals surface area contributed by atoms with Gasteiger partial charge in [-0.1, -0.05) is 6.92 Å². The lowest BCUT2D eigenvalue weighted by Crippen LogP contribution is -2.18. The molecule has 5 nitrogen and oxygen atoms in total. The molecule has 2 aromatic rings. The fourth-order valence-electron chi connectivity index (χ4n) is 1.95. The maximum atomic E-state index is 4.38. The summed E-state index contributed by atoms with van der Waals surface area (Å²) in [5.74, 6) is 0. The van der Waals surface area contributed by atoms with E-state index in [9.17, 15) is 0 Å². The second kappa shape index (κ2) is 7.31. The number of rotatable bonds is 6. The summed E-state index contributed by atoms with van der Waals surface area (Å²) in [4.78, 5) is 0. The summed E-state index contributed by atoms with van der Waals surface area (Å²) in [5.41, 5.74) is 2.43. The van der Waals surface area contributed by atoms with Gasteiger partial charge in [-0.25, -0.2) is 0 Å². The summed E-state index contributed by atoms with van der Waals surface area (Å²) in [7, 11) is 1.93. The number of hydrogen-bond donors (Lipinski definition) is 1. The molecule has 0 radical (unpaired) electrons. The Balaban J connectivity index is 0.00000180. The van der Waals surface area contributed by atoms with E-state index >= 15 is 0 Å². The first kappa shape index (κ1) is 15.7. The van der Waals surface area contributed by atoms with Gasteiger partial charge < -0.3 is 5.32 Å². The molecule has 0 amide bonds. The van der Waals surface area contributed by atoms with Crippen LogP contribution in [-0.2, 0) is 20.1 Å². The molecule has 2 aromatic heterocycles. The van der Waals surface area contributed by atoms with Crippen molar-refractivity contribution in [3.8, 4) is 0 Å². The van der Waals surface area contributed by atoms with Crippen molar-refractivity contribution in [2.24, 2.45) is 7.05 Å². The van der Waals surface area contributed by atoms with Crippen molar-refractivity contribution in [1.82, 2.24) is 24.9 Å². The van der Waals surface area contributed by atoms with Gasteiger partial charge >= 0.3 is 0 Å². The van der Waals surface area contributed by atoms with E-state index in [1.54, 1.807) is 0 Å². The highest BCUT2D eigenvalue weighted by Gasteiger charge is 2.07. The molecule has 2 heterocycles. The second-order valence-electron chi connectivity index (χ2n) is 4.65. The fraction of sp³-hybridized carbons (Fsp3) is 0.538. The topological polar surface area (TPSA) is 47.7 Å². The van der Waals surface area contributed by atoms with Crippen molar-refractivity contribution in [1.29, 1.82) is 0 Å². The Hall–Kier alpha value is -1.33. The Morgan fingerprint density at radius 2 is 2.11 bits per heavy atom. The zero-order chi connectivity index (χ0) is 13.0. The molecule has 2 rings (SSSR count). The van der Waals surface area contributed by atoms with Crippen LogP contribution in [0.5, 0.6) is 0 Å². The maximum absolute atomic E-state index is 4.38. The van der Waals surface area contributed by atoms with Crippen LogP contribution in [0.15, 0.2) is 24.7 Å². The third kappa shape index (κ3) is 4.08. The van der Waals surface area contributed by atoms with Gasteiger partial charge in [-0.15, -0.1) is 12.4 Å². The van der Waals surface area contributed by atoms with E-state index in [4.69, 9.17) is 0 Å². The number of nitrogens with zero attached hydrogens (tertiary/aromatic N) is 4. The first-order valence-corrected chi connectivity index (χ1v) is 6.41. The minimum atomic E-state index is 0. The van der Waals surface area contributed by atoms with E-state index in [0.29, 0.717) is 6.04 Å². The molecule has 1 atom stereocenters. The van der Waals surface area contributed by atoms with Crippen LogP contribution in [0.4, 0.5) is 0 Å². The number of nitrogens with one attached hydrogen (secondary N) is 1. The van der Waals surface area contributed by atoms with Crippen molar-refractivity contribution >= 4 is 12.4 Å². The lowest BCUT2D eigenvalue weighted by atomic mass is 10.2. The molecule has 19 heavy (non-hydrogen) atoms. The van der Waals surface area contributed by atoms with E-state index < -0.39 is 0 Å². The van der Waals surface area contributed by atoms with E-state index in [0.717, 1.165) is 19.5 Å². The monoisotopic (exact) mass is 283 g/mol. The van der Waals surface area contributed by atoms with Crippen LogP contribution in [0.3, 0.4) is 0 Å². The summed E-state index contributed by atoms with van der Waals surface area (Å²) in [5, 5.41) is 11.9. The highest BCUT2D eigenvalue weighted by atomic mass is 35.5. The van der Waals surface area contributed by atoms with Crippen molar-refractivity contribution in [2.45, 2.75) is 39.4 Å². The van der Waals surface area contributed by atoms with Gasteiger partial charge in [0.15, 0.2) is 0 Å². The predicted octanol–water partition coefficient (Wildman–Crippen LogP) is 2.30. The molecular weight excluding hydrogens is 262 g/mol. The van der Waals surface area contributed by atoms with E-state index in [1.807, 2.05) is 30.3 Å². The average molecular weight is 284 g/mol. The molecular formula is C13H22ClN5. The molecule has 0 aliphatic rings. The lowest BCUT2D eigenvalue weighted by Gasteiger charge is -2.13. The minimum Gasteiger partial charge on any atom is -0.307 e. The number of aromatic nitrogens is 4. The lowest BCUT2D eigenvalue weighted by molar-refractivity contribution is 0.451. The molecule has 0 bridgehead atoms. The van der Waals surface area contributed by atoms with Gasteiger partial charge in [0.05, 0.1) is 11.9 Å². The van der Waals surface area contributed by atoms with Crippen molar-refractivity contribution in [3.05, 3.63) is 35.9 Å². The molecule has 6 heteroatoms. The smallest absolute Gasteiger partial charge is 0.0534 e. The third-order valence-corrected chi connectivity index (χ3v) is 3.15. The zero-order valence-electron chi connectivity index (χ0n) is 11.7. The number of aryl methyl sites for hydroxylation is 1. The average Bonchev–Trinajstić information content (AvgIpc) is 2.98. The van der Waals surface area contributed by atoms with Gasteiger partial charge in [-0.3, -0.25) is 9.36 Å². The molecule has 0 aliphatic heterocycles. The van der Waals surface area contributed by atoms with Crippen molar-refractivity contribution in [3.63, 3.8) is 0 Å². The van der Waals surface area contributed by atoms with Crippen molar-refractivity contribution in [2.75, 3.05) is 0 Å². The largest absolute Gasteiger partial charge is 0.307 e. The molecule has 0 fully saturated rings. The fourth-order valence-corrected chi connectivity index (χ4v) is 1.95. The number of hydrogen-bond acceptors (Lipinski definition) is 3. The SMILES string of the molecule is CCC(C)n1nccc1CNCc1cnn(C)c1.Cl. The quantitative estimate of drug-likeness (QED) is 0.885. The maximum Gasteiger partial charge on any atom is 0.0534 e. The Labute approximate surface area is 120 Å². The summed E-state index contributed by atoms with van der Waals surface area (Å²) in [6.07, 6.45) is 6.88. The van der Waals surface area contributed by atoms with Gasteiger partial charge in [0, 0.05) is 44.1 Å². The van der Waals surface area contributed by atoms with E-state index in [-0.39, 0.29) is 12.4 Å². The highest BCUT2D eigenvalue weighted by molar-refractivity contribution is 5.85. The van der Waals surface area contributed by atoms with Crippen LogP contribution in [0, 0.1) is 0 Å². The molecule has 0 aliphatic carbocycles. The summed E-state index contributed by atoms with van der Waals surface area (Å²) in [6.45, 7) is 6.04. The summed E-state index contributed by atoms with van der Waals surface area (Å²) < 4.78 is 3.91. The van der Waals surface area contributed by atoms with Crippen molar-refractivity contribution < 1.29 is 0 Å². The highest BCUT2D eigenvalue weighted by Crippen LogP contribution is 2.12. The van der Waals surface area contributed by atoms with Gasteiger partial charge in [0.25, 0.3) is 0 Å². The Bertz CT molecular complexity index is 491. The van der Waals surface area contributed by atoms with Gasteiger partial charge in [-0.2, -0.15) is 10.2 Å². The van der Waals surface area contributed by atoms with Crippen LogP contribution in [-0.4, -0.2) is 19.6 Å². The molecule has 0 saturated carbocycles. The first-order valence-electron chi connectivity index (χ1n) is 6.41. The van der Waals surface area contributed by atoms with E-state index in [2.05, 4.69) is 40.1 Å². The Morgan fingerprint density at radius 3 is 2.74 bits per heavy atom. The second-order valence-corrected chi connectivity index (χ2v) is 4.65. The van der Waals surface area contributed by atoms with Crippen LogP contribution >= 0.6 is 12.4 Å². The molecule has 0 saturated heterocycles. The van der Waals surface area contributed by atoms with Crippen LogP contribution in [0.25, 0.3) is 0 Å². The zero-order valence-corrected chi connectivity index (χ0v) is 12.5. The first-order chi connectivity index (χ1) is 8.70. The van der Waals surface area contributed by atoms with E-state index in [1.165, 1.54) is 11.3 Å². The number of halogens is 1. The summed E-state index contributed by atoms with van der Waals surface area (Å²) in [6, 6.07) is 2.53. The molecule has 106 valence electrons. The summed E-state index contributed by atoms with van der Waals surface area (Å²) >= 11 is 0. The Kier molecular flexibility index (Phi) is 6.05. The van der Waals surface area contributed by atoms with Gasteiger partial charge in [0.2, 0.25) is 0 Å². The molecule has 1 unspecified atom stereocenters. The van der Waals surface area contributed by atoms with Crippen LogP contribution in [0.1, 0.15) is 37.6 Å². The predicted molar refractivity (Wildman–Crippen MR) is 78.2 cm³/mol. The van der Waals surface area contributed by atoms with Crippen LogP contribution in [0.2, 0.25) is 0 Å². The molecule has 0 spiro atoms. The molecule has 1 N–H and O–H groups in total. The van der Waals surface area contributed by atoms with Gasteiger partial charge in [0.1, 0.15) is 0 Å². The Morgan fingerprint density at radius 1 is 1.32 bits per heavy atom. The minimum absolute atomic E-state index is 0. The van der Waals surface area contributed by atoms with Gasteiger partial charge in [-0.05, 0) is 19.4 Å². The standard InChI is InChI=1S/C13H21N5.ClH/c1-4-11(2)18-13(5-6-15-18)9-14-7-12-8-16-17(3)10-12;/h5-6,8,10-11,14H,4,7,9H2,1-3H3;1H. The normalized spacial score (nSPS) is 12.2. The third-order valence-electron chi connectivity index (χ3n) is 3.15. The molecule has 0 aromatic carbocycles.